The molecule has 1 unspecified atom stereocenters. The molecule has 0 bridgehead atoms. The minimum atomic E-state index is -0.659. The van der Waals surface area contributed by atoms with Crippen LogP contribution in [0.1, 0.15) is 38.7 Å². The van der Waals surface area contributed by atoms with Crippen LogP contribution in [0.25, 0.3) is 5.69 Å². The number of aromatic nitrogens is 2. The molecule has 2 aromatic carbocycles. The summed E-state index contributed by atoms with van der Waals surface area (Å²) < 4.78 is 12.5. The molecule has 0 saturated heterocycles. The quantitative estimate of drug-likeness (QED) is 0.512. The van der Waals surface area contributed by atoms with Gasteiger partial charge in [0.15, 0.2) is 5.82 Å². The maximum absolute atomic E-state index is 12.6. The Balaban J connectivity index is 1.85. The molecule has 6 nitrogen and oxygen atoms in total. The lowest BCUT2D eigenvalue weighted by Crippen LogP contribution is -2.19. The first-order chi connectivity index (χ1) is 14.0. The van der Waals surface area contributed by atoms with Gasteiger partial charge in [-0.1, -0.05) is 55.8 Å². The van der Waals surface area contributed by atoms with E-state index in [0.717, 1.165) is 17.7 Å². The summed E-state index contributed by atoms with van der Waals surface area (Å²) >= 11 is 6.41. The van der Waals surface area contributed by atoms with E-state index in [0.29, 0.717) is 18.3 Å². The van der Waals surface area contributed by atoms with Crippen LogP contribution in [0.4, 0.5) is 10.6 Å². The van der Waals surface area contributed by atoms with Crippen LogP contribution in [0.2, 0.25) is 5.02 Å². The van der Waals surface area contributed by atoms with Gasteiger partial charge < -0.3 is 9.47 Å². The lowest BCUT2D eigenvalue weighted by Gasteiger charge is -2.12. The monoisotopic (exact) mass is 413 g/mol. The molecule has 0 aliphatic carbocycles. The van der Waals surface area contributed by atoms with Gasteiger partial charge in [-0.15, -0.1) is 5.10 Å². The lowest BCUT2D eigenvalue weighted by molar-refractivity contribution is 0.215. The topological polar surface area (TPSA) is 65.4 Å². The number of carbonyl (C=O) groups excluding carboxylic acids is 1. The third-order valence-corrected chi connectivity index (χ3v) is 4.89. The highest BCUT2D eigenvalue weighted by Gasteiger charge is 2.21. The number of anilines is 1. The first-order valence-electron chi connectivity index (χ1n) is 9.59. The summed E-state index contributed by atoms with van der Waals surface area (Å²) in [6.07, 6.45) is 0.343. The van der Waals surface area contributed by atoms with E-state index in [2.05, 4.69) is 24.3 Å². The van der Waals surface area contributed by atoms with E-state index in [1.165, 1.54) is 4.68 Å². The van der Waals surface area contributed by atoms with Crippen LogP contribution < -0.4 is 14.8 Å². The van der Waals surface area contributed by atoms with E-state index in [-0.39, 0.29) is 16.7 Å². The molecule has 152 valence electrons. The minimum Gasteiger partial charge on any atom is -0.476 e. The molecule has 0 radical (unpaired) electrons. The minimum absolute atomic E-state index is 0.209. The molecule has 1 N–H and O–H groups in total. The van der Waals surface area contributed by atoms with Crippen LogP contribution in [0, 0.1) is 0 Å². The van der Waals surface area contributed by atoms with Crippen molar-refractivity contribution >= 4 is 23.5 Å². The number of amides is 1. The van der Waals surface area contributed by atoms with Crippen molar-refractivity contribution in [3.63, 3.8) is 0 Å². The molecule has 1 atom stereocenters. The Labute approximate surface area is 175 Å². The summed E-state index contributed by atoms with van der Waals surface area (Å²) in [7, 11) is 0. The van der Waals surface area contributed by atoms with Gasteiger partial charge in [-0.05, 0) is 49.1 Å². The van der Waals surface area contributed by atoms with Gasteiger partial charge in [-0.3, -0.25) is 5.32 Å². The number of nitrogens with zero attached hydrogens (tertiary/aromatic N) is 2. The van der Waals surface area contributed by atoms with Gasteiger partial charge in [-0.25, -0.2) is 9.48 Å². The van der Waals surface area contributed by atoms with Gasteiger partial charge in [0.2, 0.25) is 0 Å². The molecule has 0 aliphatic heterocycles. The maximum atomic E-state index is 12.6. The molecule has 1 heterocycles. The van der Waals surface area contributed by atoms with E-state index < -0.39 is 6.09 Å². The fourth-order valence-electron chi connectivity index (χ4n) is 2.82. The van der Waals surface area contributed by atoms with E-state index in [1.807, 2.05) is 55.5 Å². The average Bonchev–Trinajstić information content (AvgIpc) is 3.04. The van der Waals surface area contributed by atoms with Crippen LogP contribution in [0.3, 0.4) is 0 Å². The van der Waals surface area contributed by atoms with Gasteiger partial charge in [0.25, 0.3) is 5.88 Å². The molecule has 1 amide bonds. The first-order valence-corrected chi connectivity index (χ1v) is 9.96. The van der Waals surface area contributed by atoms with Crippen molar-refractivity contribution in [1.29, 1.82) is 0 Å². The van der Waals surface area contributed by atoms with E-state index >= 15 is 0 Å². The molecule has 29 heavy (non-hydrogen) atoms. The summed E-state index contributed by atoms with van der Waals surface area (Å²) in [4.78, 5) is 12.6. The molecule has 0 spiro atoms. The third kappa shape index (κ3) is 4.90. The van der Waals surface area contributed by atoms with Crippen molar-refractivity contribution in [2.45, 2.75) is 33.1 Å². The second kappa shape index (κ2) is 9.47. The Morgan fingerprint density at radius 3 is 2.62 bits per heavy atom. The van der Waals surface area contributed by atoms with Crippen molar-refractivity contribution in [3.05, 3.63) is 65.2 Å². The Morgan fingerprint density at radius 2 is 1.93 bits per heavy atom. The number of rotatable bonds is 7. The van der Waals surface area contributed by atoms with Gasteiger partial charge in [-0.2, -0.15) is 0 Å². The molecular formula is C22H24ClN3O3. The van der Waals surface area contributed by atoms with Crippen molar-refractivity contribution < 1.29 is 14.3 Å². The molecule has 0 aliphatic rings. The van der Waals surface area contributed by atoms with Gasteiger partial charge >= 0.3 is 6.09 Å². The normalized spacial score (nSPS) is 11.7. The summed E-state index contributed by atoms with van der Waals surface area (Å²) in [6.45, 7) is 6.49. The molecule has 3 aromatic rings. The predicted molar refractivity (Wildman–Crippen MR) is 115 cm³/mol. The van der Waals surface area contributed by atoms with Gasteiger partial charge in [0, 0.05) is 0 Å². The van der Waals surface area contributed by atoms with Crippen LogP contribution in [0.15, 0.2) is 54.6 Å². The summed E-state index contributed by atoms with van der Waals surface area (Å²) in [6, 6.07) is 16.8. The second-order valence-electron chi connectivity index (χ2n) is 6.54. The van der Waals surface area contributed by atoms with Crippen LogP contribution in [0.5, 0.6) is 11.6 Å². The molecule has 0 fully saturated rings. The summed E-state index contributed by atoms with van der Waals surface area (Å²) in [5.74, 6) is 1.37. The van der Waals surface area contributed by atoms with E-state index in [9.17, 15) is 4.79 Å². The van der Waals surface area contributed by atoms with Crippen LogP contribution in [-0.2, 0) is 0 Å². The highest BCUT2D eigenvalue weighted by atomic mass is 35.5. The third-order valence-electron chi connectivity index (χ3n) is 4.55. The Morgan fingerprint density at radius 1 is 1.17 bits per heavy atom. The lowest BCUT2D eigenvalue weighted by atomic mass is 9.99. The Kier molecular flexibility index (Phi) is 6.77. The maximum Gasteiger partial charge on any atom is 0.418 e. The fourth-order valence-corrected chi connectivity index (χ4v) is 3.04. The number of para-hydroxylation sites is 1. The van der Waals surface area contributed by atoms with Crippen molar-refractivity contribution in [2.75, 3.05) is 11.9 Å². The zero-order chi connectivity index (χ0) is 20.8. The Bertz CT molecular complexity index is 973. The highest BCUT2D eigenvalue weighted by molar-refractivity contribution is 6.34. The zero-order valence-corrected chi connectivity index (χ0v) is 17.4. The SMILES string of the molecule is CCOc1nn(-c2ccccc2)c(NC(=O)Oc2cccc(C(C)CC)c2)c1Cl. The molecule has 7 heteroatoms. The molecule has 0 saturated carbocycles. The zero-order valence-electron chi connectivity index (χ0n) is 16.7. The van der Waals surface area contributed by atoms with E-state index in [1.54, 1.807) is 6.07 Å². The molecule has 1 aromatic heterocycles. The average molecular weight is 414 g/mol. The molecule has 3 rings (SSSR count). The van der Waals surface area contributed by atoms with Crippen molar-refractivity contribution in [2.24, 2.45) is 0 Å². The van der Waals surface area contributed by atoms with Gasteiger partial charge in [0.1, 0.15) is 10.8 Å². The number of hydrogen-bond donors (Lipinski definition) is 1. The number of benzene rings is 2. The summed E-state index contributed by atoms with van der Waals surface area (Å²) in [5, 5.41) is 7.27. The number of ether oxygens (including phenoxy) is 2. The standard InChI is InChI=1S/C22H24ClN3O3/c1-4-15(3)16-10-9-13-18(14-16)29-22(27)24-20-19(23)21(28-5-2)25-26(20)17-11-7-6-8-12-17/h6-15H,4-5H2,1-3H3,(H,24,27). The van der Waals surface area contributed by atoms with Crippen molar-refractivity contribution in [1.82, 2.24) is 9.78 Å². The number of halogens is 1. The largest absolute Gasteiger partial charge is 0.476 e. The number of hydrogen-bond acceptors (Lipinski definition) is 4. The van der Waals surface area contributed by atoms with Crippen LogP contribution in [-0.4, -0.2) is 22.5 Å². The first kappa shape index (κ1) is 20.7. The predicted octanol–water partition coefficient (Wildman–Crippen LogP) is 6.05. The Hall–Kier alpha value is -2.99. The number of nitrogens with one attached hydrogen (secondary N) is 1. The summed E-state index contributed by atoms with van der Waals surface area (Å²) in [5.41, 5.74) is 1.85. The highest BCUT2D eigenvalue weighted by Crippen LogP contribution is 2.34. The fraction of sp³-hybridized carbons (Fsp3) is 0.273. The smallest absolute Gasteiger partial charge is 0.418 e. The second-order valence-corrected chi connectivity index (χ2v) is 6.92. The van der Waals surface area contributed by atoms with Gasteiger partial charge in [0.05, 0.1) is 12.3 Å². The van der Waals surface area contributed by atoms with Crippen molar-refractivity contribution in [3.8, 4) is 17.3 Å². The molecular weight excluding hydrogens is 390 g/mol. The van der Waals surface area contributed by atoms with Crippen LogP contribution >= 0.6 is 11.6 Å². The van der Waals surface area contributed by atoms with E-state index in [4.69, 9.17) is 21.1 Å². The number of carbonyl (C=O) groups is 1.